The largest absolute Gasteiger partial charge is 0.342 e. The molecule has 5 nitrogen and oxygen atoms in total. The van der Waals surface area contributed by atoms with Crippen LogP contribution < -0.4 is 10.2 Å². The number of amides is 2. The van der Waals surface area contributed by atoms with E-state index < -0.39 is 12.1 Å². The summed E-state index contributed by atoms with van der Waals surface area (Å²) in [6.45, 7) is 9.58. The van der Waals surface area contributed by atoms with Gasteiger partial charge < -0.3 is 5.32 Å². The highest BCUT2D eigenvalue weighted by atomic mass is 16.2. The Hall–Kier alpha value is -1.91. The summed E-state index contributed by atoms with van der Waals surface area (Å²) in [6, 6.07) is 2.82. The third-order valence-corrected chi connectivity index (χ3v) is 3.93. The second-order valence-corrected chi connectivity index (χ2v) is 5.92. The summed E-state index contributed by atoms with van der Waals surface area (Å²) in [6.07, 6.45) is 0.579. The van der Waals surface area contributed by atoms with E-state index in [4.69, 9.17) is 0 Å². The molecular weight excluding hydrogens is 266 g/mol. The Bertz CT molecular complexity index is 569. The average molecular weight is 289 g/mol. The van der Waals surface area contributed by atoms with Crippen LogP contribution in [-0.4, -0.2) is 28.9 Å². The Kier molecular flexibility index (Phi) is 4.30. The molecule has 2 unspecified atom stereocenters. The van der Waals surface area contributed by atoms with Crippen LogP contribution >= 0.6 is 0 Å². The summed E-state index contributed by atoms with van der Waals surface area (Å²) < 4.78 is 0. The molecule has 2 amide bonds. The number of carbonyl (C=O) groups excluding carboxylic acids is 2. The molecule has 1 saturated heterocycles. The normalized spacial score (nSPS) is 22.7. The van der Waals surface area contributed by atoms with Crippen molar-refractivity contribution in [3.05, 3.63) is 23.5 Å². The Morgan fingerprint density at radius 2 is 1.95 bits per heavy atom. The summed E-state index contributed by atoms with van der Waals surface area (Å²) in [7, 11) is 0. The maximum Gasteiger partial charge on any atom is 0.250 e. The van der Waals surface area contributed by atoms with E-state index in [9.17, 15) is 9.59 Å². The molecule has 2 rings (SSSR count). The maximum atomic E-state index is 12.8. The molecule has 114 valence electrons. The molecule has 0 aromatic carbocycles. The smallest absolute Gasteiger partial charge is 0.250 e. The van der Waals surface area contributed by atoms with E-state index >= 15 is 0 Å². The van der Waals surface area contributed by atoms with E-state index in [1.807, 2.05) is 46.8 Å². The quantitative estimate of drug-likeness (QED) is 0.925. The highest BCUT2D eigenvalue weighted by molar-refractivity contribution is 6.08. The summed E-state index contributed by atoms with van der Waals surface area (Å²) >= 11 is 0. The summed E-state index contributed by atoms with van der Waals surface area (Å²) in [5.41, 5.74) is 2.41. The van der Waals surface area contributed by atoms with Crippen molar-refractivity contribution >= 4 is 17.5 Å². The molecule has 1 fully saturated rings. The van der Waals surface area contributed by atoms with Crippen molar-refractivity contribution < 1.29 is 9.59 Å². The first-order valence-electron chi connectivity index (χ1n) is 7.44. The van der Waals surface area contributed by atoms with Gasteiger partial charge in [0.2, 0.25) is 5.91 Å². The van der Waals surface area contributed by atoms with Crippen LogP contribution in [0, 0.1) is 19.8 Å². The van der Waals surface area contributed by atoms with E-state index in [2.05, 4.69) is 10.3 Å². The Morgan fingerprint density at radius 1 is 1.29 bits per heavy atom. The van der Waals surface area contributed by atoms with Crippen LogP contribution in [-0.2, 0) is 9.59 Å². The van der Waals surface area contributed by atoms with Gasteiger partial charge in [-0.2, -0.15) is 0 Å². The number of rotatable bonds is 3. The van der Waals surface area contributed by atoms with Gasteiger partial charge in [-0.1, -0.05) is 20.8 Å². The zero-order chi connectivity index (χ0) is 15.7. The lowest BCUT2D eigenvalue weighted by atomic mass is 9.96. The van der Waals surface area contributed by atoms with Crippen LogP contribution in [0.3, 0.4) is 0 Å². The number of carbonyl (C=O) groups is 2. The van der Waals surface area contributed by atoms with Gasteiger partial charge in [-0.15, -0.1) is 0 Å². The van der Waals surface area contributed by atoms with Crippen LogP contribution in [0.15, 0.2) is 12.1 Å². The van der Waals surface area contributed by atoms with Gasteiger partial charge in [0.15, 0.2) is 0 Å². The lowest BCUT2D eigenvalue weighted by Crippen LogP contribution is -2.65. The fourth-order valence-corrected chi connectivity index (χ4v) is 2.77. The highest BCUT2D eigenvalue weighted by Gasteiger charge is 2.42. The molecule has 0 bridgehead atoms. The van der Waals surface area contributed by atoms with Crippen molar-refractivity contribution in [1.82, 2.24) is 10.3 Å². The second kappa shape index (κ2) is 5.84. The van der Waals surface area contributed by atoms with E-state index in [0.717, 1.165) is 17.1 Å². The minimum atomic E-state index is -0.471. The number of pyridine rings is 1. The molecule has 21 heavy (non-hydrogen) atoms. The standard InChI is InChI=1S/C16H23N3O2/c1-6-12-15(20)18-14(9(2)3)16(21)19(12)13-8-7-10(4)17-11(13)5/h7-9,12,14H,6H2,1-5H3,(H,18,20). The molecule has 5 heteroatoms. The van der Waals surface area contributed by atoms with Crippen molar-refractivity contribution in [2.24, 2.45) is 5.92 Å². The van der Waals surface area contributed by atoms with Crippen molar-refractivity contribution in [3.63, 3.8) is 0 Å². The van der Waals surface area contributed by atoms with Gasteiger partial charge in [-0.3, -0.25) is 19.5 Å². The minimum Gasteiger partial charge on any atom is -0.342 e. The number of aryl methyl sites for hydroxylation is 2. The van der Waals surface area contributed by atoms with Crippen LogP contribution in [0.5, 0.6) is 0 Å². The zero-order valence-electron chi connectivity index (χ0n) is 13.3. The van der Waals surface area contributed by atoms with Gasteiger partial charge in [0, 0.05) is 5.69 Å². The van der Waals surface area contributed by atoms with Gasteiger partial charge in [0.1, 0.15) is 12.1 Å². The topological polar surface area (TPSA) is 62.3 Å². The molecule has 1 N–H and O–H groups in total. The van der Waals surface area contributed by atoms with Crippen molar-refractivity contribution in [3.8, 4) is 0 Å². The number of hydrogen-bond acceptors (Lipinski definition) is 3. The first kappa shape index (κ1) is 15.5. The molecule has 0 spiro atoms. The molecule has 1 aromatic heterocycles. The van der Waals surface area contributed by atoms with E-state index in [1.165, 1.54) is 0 Å². The molecule has 2 heterocycles. The van der Waals surface area contributed by atoms with Crippen LogP contribution in [0.4, 0.5) is 5.69 Å². The highest BCUT2D eigenvalue weighted by Crippen LogP contribution is 2.27. The number of nitrogens with one attached hydrogen (secondary N) is 1. The van der Waals surface area contributed by atoms with Crippen LogP contribution in [0.25, 0.3) is 0 Å². The number of piperazine rings is 1. The van der Waals surface area contributed by atoms with Crippen molar-refractivity contribution in [2.75, 3.05) is 4.90 Å². The Balaban J connectivity index is 2.49. The molecular formula is C16H23N3O2. The molecule has 1 aliphatic rings. The zero-order valence-corrected chi connectivity index (χ0v) is 13.3. The predicted molar refractivity (Wildman–Crippen MR) is 82.0 cm³/mol. The molecule has 0 radical (unpaired) electrons. The van der Waals surface area contributed by atoms with E-state index in [-0.39, 0.29) is 17.7 Å². The number of aromatic nitrogens is 1. The van der Waals surface area contributed by atoms with Crippen LogP contribution in [0.1, 0.15) is 38.6 Å². The summed E-state index contributed by atoms with van der Waals surface area (Å²) in [4.78, 5) is 31.2. The average Bonchev–Trinajstić information content (AvgIpc) is 2.41. The van der Waals surface area contributed by atoms with Gasteiger partial charge >= 0.3 is 0 Å². The maximum absolute atomic E-state index is 12.8. The summed E-state index contributed by atoms with van der Waals surface area (Å²) in [5.74, 6) is -0.0820. The lowest BCUT2D eigenvalue weighted by molar-refractivity contribution is -0.134. The number of nitrogens with zero attached hydrogens (tertiary/aromatic N) is 2. The van der Waals surface area contributed by atoms with Gasteiger partial charge in [-0.25, -0.2) is 0 Å². The molecule has 0 aliphatic carbocycles. The SMILES string of the molecule is CCC1C(=O)NC(C(C)C)C(=O)N1c1ccc(C)nc1C. The number of hydrogen-bond donors (Lipinski definition) is 1. The third-order valence-electron chi connectivity index (χ3n) is 3.93. The fourth-order valence-electron chi connectivity index (χ4n) is 2.77. The Morgan fingerprint density at radius 3 is 2.48 bits per heavy atom. The van der Waals surface area contributed by atoms with E-state index in [1.54, 1.807) is 4.90 Å². The third kappa shape index (κ3) is 2.77. The van der Waals surface area contributed by atoms with Crippen molar-refractivity contribution in [1.29, 1.82) is 0 Å². The molecule has 2 atom stereocenters. The molecule has 1 aliphatic heterocycles. The van der Waals surface area contributed by atoms with Crippen LogP contribution in [0.2, 0.25) is 0 Å². The van der Waals surface area contributed by atoms with E-state index in [0.29, 0.717) is 6.42 Å². The van der Waals surface area contributed by atoms with Gasteiger partial charge in [-0.05, 0) is 38.3 Å². The number of anilines is 1. The lowest BCUT2D eigenvalue weighted by Gasteiger charge is -2.40. The molecule has 1 aromatic rings. The first-order valence-corrected chi connectivity index (χ1v) is 7.44. The first-order chi connectivity index (χ1) is 9.86. The van der Waals surface area contributed by atoms with Gasteiger partial charge in [0.25, 0.3) is 5.91 Å². The van der Waals surface area contributed by atoms with Crippen molar-refractivity contribution in [2.45, 2.75) is 53.1 Å². The Labute approximate surface area is 125 Å². The monoisotopic (exact) mass is 289 g/mol. The molecule has 0 saturated carbocycles. The predicted octanol–water partition coefficient (Wildman–Crippen LogP) is 1.96. The minimum absolute atomic E-state index is 0.0507. The summed E-state index contributed by atoms with van der Waals surface area (Å²) in [5, 5.41) is 2.85. The van der Waals surface area contributed by atoms with Gasteiger partial charge in [0.05, 0.1) is 11.4 Å². The second-order valence-electron chi connectivity index (χ2n) is 5.92. The fraction of sp³-hybridized carbons (Fsp3) is 0.562.